The second-order valence-electron chi connectivity index (χ2n) is 6.64. The number of imide groups is 1. The first-order chi connectivity index (χ1) is 13.6. The molecule has 28 heavy (non-hydrogen) atoms. The Kier molecular flexibility index (Phi) is 4.72. The molecule has 140 valence electrons. The molecule has 0 radical (unpaired) electrons. The van der Waals surface area contributed by atoms with Crippen molar-refractivity contribution in [2.75, 3.05) is 6.54 Å². The number of rotatable bonds is 5. The number of hydrogen-bond donors (Lipinski definition) is 1. The largest absolute Gasteiger partial charge is 0.344 e. The molecule has 3 aromatic rings. The highest BCUT2D eigenvalue weighted by molar-refractivity contribution is 6.02. The van der Waals surface area contributed by atoms with Crippen molar-refractivity contribution in [2.24, 2.45) is 5.10 Å². The van der Waals surface area contributed by atoms with E-state index in [-0.39, 0.29) is 12.5 Å². The molecule has 1 saturated heterocycles. The summed E-state index contributed by atoms with van der Waals surface area (Å²) in [5, 5.41) is 12.2. The molecular formula is C21H19N5O2. The average Bonchev–Trinajstić information content (AvgIpc) is 3.23. The number of aryl methyl sites for hydroxylation is 1. The number of amides is 3. The van der Waals surface area contributed by atoms with Crippen LogP contribution in [0, 0.1) is 6.92 Å². The first kappa shape index (κ1) is 17.7. The fourth-order valence-electron chi connectivity index (χ4n) is 2.97. The molecule has 1 fully saturated rings. The fourth-order valence-corrected chi connectivity index (χ4v) is 2.97. The van der Waals surface area contributed by atoms with Crippen LogP contribution in [0.2, 0.25) is 0 Å². The van der Waals surface area contributed by atoms with Gasteiger partial charge < -0.3 is 0 Å². The SMILES string of the molecule is Cc1ccc(-c2nn(Cc3ccccc3)cc2/C=N\N2CC(=O)NC2=O)cc1. The van der Waals surface area contributed by atoms with Gasteiger partial charge in [0.1, 0.15) is 12.2 Å². The van der Waals surface area contributed by atoms with Crippen molar-refractivity contribution < 1.29 is 9.59 Å². The number of aromatic nitrogens is 2. The van der Waals surface area contributed by atoms with Gasteiger partial charge >= 0.3 is 6.03 Å². The average molecular weight is 373 g/mol. The van der Waals surface area contributed by atoms with Crippen molar-refractivity contribution >= 4 is 18.2 Å². The highest BCUT2D eigenvalue weighted by Crippen LogP contribution is 2.22. The molecule has 0 spiro atoms. The van der Waals surface area contributed by atoms with E-state index in [2.05, 4.69) is 10.4 Å². The highest BCUT2D eigenvalue weighted by atomic mass is 16.2. The van der Waals surface area contributed by atoms with Gasteiger partial charge in [0, 0.05) is 17.3 Å². The minimum absolute atomic E-state index is 0.0760. The molecule has 2 aromatic carbocycles. The smallest absolute Gasteiger partial charge is 0.275 e. The van der Waals surface area contributed by atoms with Crippen LogP contribution in [0.3, 0.4) is 0 Å². The van der Waals surface area contributed by atoms with E-state index in [0.29, 0.717) is 6.54 Å². The molecule has 3 amide bonds. The summed E-state index contributed by atoms with van der Waals surface area (Å²) >= 11 is 0. The molecule has 1 aromatic heterocycles. The second kappa shape index (κ2) is 7.48. The Labute approximate surface area is 162 Å². The van der Waals surface area contributed by atoms with Crippen LogP contribution in [-0.2, 0) is 11.3 Å². The van der Waals surface area contributed by atoms with E-state index >= 15 is 0 Å². The highest BCUT2D eigenvalue weighted by Gasteiger charge is 2.26. The van der Waals surface area contributed by atoms with Crippen molar-refractivity contribution in [3.05, 3.63) is 77.5 Å². The van der Waals surface area contributed by atoms with Crippen LogP contribution in [0.5, 0.6) is 0 Å². The molecule has 1 aliphatic rings. The van der Waals surface area contributed by atoms with E-state index in [0.717, 1.165) is 33.0 Å². The summed E-state index contributed by atoms with van der Waals surface area (Å²) in [6, 6.07) is 17.6. The lowest BCUT2D eigenvalue weighted by Gasteiger charge is -2.04. The number of nitrogens with zero attached hydrogens (tertiary/aromatic N) is 4. The lowest BCUT2D eigenvalue weighted by Crippen LogP contribution is -2.24. The number of urea groups is 1. The third kappa shape index (κ3) is 3.83. The van der Waals surface area contributed by atoms with Crippen LogP contribution in [0.25, 0.3) is 11.3 Å². The summed E-state index contributed by atoms with van der Waals surface area (Å²) in [5.41, 5.74) is 4.79. The van der Waals surface area contributed by atoms with Crippen LogP contribution >= 0.6 is 0 Å². The second-order valence-corrected chi connectivity index (χ2v) is 6.64. The summed E-state index contributed by atoms with van der Waals surface area (Å²) in [5.74, 6) is -0.360. The number of carbonyl (C=O) groups excluding carboxylic acids is 2. The zero-order chi connectivity index (χ0) is 19.5. The predicted molar refractivity (Wildman–Crippen MR) is 106 cm³/mol. The maximum Gasteiger partial charge on any atom is 0.344 e. The predicted octanol–water partition coefficient (Wildman–Crippen LogP) is 2.79. The Balaban J connectivity index is 1.67. The van der Waals surface area contributed by atoms with Gasteiger partial charge in [-0.15, -0.1) is 0 Å². The van der Waals surface area contributed by atoms with Gasteiger partial charge in [-0.25, -0.2) is 9.80 Å². The van der Waals surface area contributed by atoms with E-state index in [1.165, 1.54) is 0 Å². The van der Waals surface area contributed by atoms with Crippen LogP contribution in [0.4, 0.5) is 4.79 Å². The van der Waals surface area contributed by atoms with Crippen molar-refractivity contribution in [3.8, 4) is 11.3 Å². The van der Waals surface area contributed by atoms with Crippen molar-refractivity contribution in [1.29, 1.82) is 0 Å². The molecule has 7 nitrogen and oxygen atoms in total. The molecule has 1 N–H and O–H groups in total. The molecule has 0 aliphatic carbocycles. The number of hydrazone groups is 1. The van der Waals surface area contributed by atoms with Gasteiger partial charge in [-0.05, 0) is 12.5 Å². The summed E-state index contributed by atoms with van der Waals surface area (Å²) in [4.78, 5) is 23.0. The lowest BCUT2D eigenvalue weighted by molar-refractivity contribution is -0.118. The summed E-state index contributed by atoms with van der Waals surface area (Å²) in [7, 11) is 0. The molecule has 0 atom stereocenters. The molecule has 2 heterocycles. The fraction of sp³-hybridized carbons (Fsp3) is 0.143. The van der Waals surface area contributed by atoms with Crippen molar-refractivity contribution in [1.82, 2.24) is 20.1 Å². The van der Waals surface area contributed by atoms with E-state index in [1.54, 1.807) is 6.21 Å². The van der Waals surface area contributed by atoms with E-state index in [9.17, 15) is 9.59 Å². The minimum atomic E-state index is -0.519. The molecule has 0 saturated carbocycles. The normalized spacial score (nSPS) is 14.1. The molecular weight excluding hydrogens is 354 g/mol. The summed E-state index contributed by atoms with van der Waals surface area (Å²) in [6.45, 7) is 2.58. The number of hydrogen-bond acceptors (Lipinski definition) is 4. The van der Waals surface area contributed by atoms with Gasteiger partial charge in [0.25, 0.3) is 0 Å². The van der Waals surface area contributed by atoms with Gasteiger partial charge in [-0.3, -0.25) is 14.8 Å². The Bertz CT molecular complexity index is 1040. The third-order valence-electron chi connectivity index (χ3n) is 4.41. The number of nitrogens with one attached hydrogen (secondary N) is 1. The van der Waals surface area contributed by atoms with Crippen LogP contribution < -0.4 is 5.32 Å². The Morgan fingerprint density at radius 3 is 2.54 bits per heavy atom. The molecule has 0 bridgehead atoms. The van der Waals surface area contributed by atoms with Gasteiger partial charge in [-0.1, -0.05) is 60.2 Å². The van der Waals surface area contributed by atoms with Gasteiger partial charge in [-0.2, -0.15) is 10.2 Å². The maximum absolute atomic E-state index is 11.7. The molecule has 0 unspecified atom stereocenters. The minimum Gasteiger partial charge on any atom is -0.275 e. The number of carbonyl (C=O) groups is 2. The summed E-state index contributed by atoms with van der Waals surface area (Å²) in [6.07, 6.45) is 3.46. The Morgan fingerprint density at radius 1 is 1.11 bits per heavy atom. The molecule has 1 aliphatic heterocycles. The van der Waals surface area contributed by atoms with E-state index < -0.39 is 6.03 Å². The zero-order valence-corrected chi connectivity index (χ0v) is 15.4. The quantitative estimate of drug-likeness (QED) is 0.552. The maximum atomic E-state index is 11.7. The van der Waals surface area contributed by atoms with Crippen LogP contribution in [-0.4, -0.2) is 39.5 Å². The number of benzene rings is 2. The van der Waals surface area contributed by atoms with Gasteiger partial charge in [0.2, 0.25) is 5.91 Å². The lowest BCUT2D eigenvalue weighted by atomic mass is 10.1. The van der Waals surface area contributed by atoms with Gasteiger partial charge in [0.05, 0.1) is 12.8 Å². The van der Waals surface area contributed by atoms with Crippen LogP contribution in [0.1, 0.15) is 16.7 Å². The molecule has 4 rings (SSSR count). The van der Waals surface area contributed by atoms with Crippen molar-refractivity contribution in [2.45, 2.75) is 13.5 Å². The zero-order valence-electron chi connectivity index (χ0n) is 15.4. The third-order valence-corrected chi connectivity index (χ3v) is 4.41. The van der Waals surface area contributed by atoms with E-state index in [4.69, 9.17) is 5.10 Å². The molecule has 7 heteroatoms. The Hall–Kier alpha value is -3.74. The Morgan fingerprint density at radius 2 is 1.86 bits per heavy atom. The van der Waals surface area contributed by atoms with Crippen molar-refractivity contribution in [3.63, 3.8) is 0 Å². The first-order valence-corrected chi connectivity index (χ1v) is 8.92. The standard InChI is InChI=1S/C21H19N5O2/c1-15-7-9-17(10-8-15)20-18(11-22-26-14-19(27)23-21(26)28)13-25(24-20)12-16-5-3-2-4-6-16/h2-11,13H,12,14H2,1H3,(H,23,27,28)/b22-11-. The first-order valence-electron chi connectivity index (χ1n) is 8.92. The van der Waals surface area contributed by atoms with E-state index in [1.807, 2.05) is 72.4 Å². The van der Waals surface area contributed by atoms with Crippen LogP contribution in [0.15, 0.2) is 65.9 Å². The monoisotopic (exact) mass is 373 g/mol. The topological polar surface area (TPSA) is 79.6 Å². The summed E-state index contributed by atoms with van der Waals surface area (Å²) < 4.78 is 1.85. The van der Waals surface area contributed by atoms with Gasteiger partial charge in [0.15, 0.2) is 0 Å².